The van der Waals surface area contributed by atoms with Crippen molar-refractivity contribution in [2.75, 3.05) is 0 Å². The minimum atomic E-state index is 0.371. The van der Waals surface area contributed by atoms with E-state index >= 15 is 0 Å². The third-order valence-electron chi connectivity index (χ3n) is 4.75. The lowest BCUT2D eigenvalue weighted by molar-refractivity contribution is 0.438. The maximum absolute atomic E-state index is 8.65. The molecule has 0 radical (unpaired) electrons. The topological polar surface area (TPSA) is 23.9 Å². The molecule has 1 saturated carbocycles. The molecule has 1 aromatic rings. The summed E-state index contributed by atoms with van der Waals surface area (Å²) in [4.78, 5) is 0. The molecule has 1 atom stereocenters. The molecule has 1 heteroatoms. The van der Waals surface area contributed by atoms with E-state index in [0.29, 0.717) is 11.8 Å². The van der Waals surface area contributed by atoms with Crippen LogP contribution in [0.1, 0.15) is 56.1 Å². The molecule has 104 valence electrons. The van der Waals surface area contributed by atoms with Crippen molar-refractivity contribution in [3.63, 3.8) is 0 Å². The van der Waals surface area contributed by atoms with Crippen molar-refractivity contribution in [1.29, 1.82) is 5.41 Å². The number of allylic oxidation sites excluding steroid dienone is 4. The van der Waals surface area contributed by atoms with Gasteiger partial charge in [-0.05, 0) is 30.9 Å². The SMILES string of the molecule is CC1=CC=CC1c1ccccc1C(=N)C1CCCCC1. The molecule has 1 nitrogen and oxygen atoms in total. The molecule has 0 heterocycles. The van der Waals surface area contributed by atoms with Crippen molar-refractivity contribution >= 4 is 5.71 Å². The molecule has 3 rings (SSSR count). The Labute approximate surface area is 121 Å². The Morgan fingerprint density at radius 1 is 1.10 bits per heavy atom. The van der Waals surface area contributed by atoms with Crippen LogP contribution in [0.2, 0.25) is 0 Å². The van der Waals surface area contributed by atoms with E-state index in [0.717, 1.165) is 5.71 Å². The summed E-state index contributed by atoms with van der Waals surface area (Å²) in [7, 11) is 0. The van der Waals surface area contributed by atoms with Gasteiger partial charge in [0.15, 0.2) is 0 Å². The van der Waals surface area contributed by atoms with Gasteiger partial charge in [-0.1, -0.05) is 67.3 Å². The first-order valence-corrected chi connectivity index (χ1v) is 7.80. The molecule has 1 N–H and O–H groups in total. The average Bonchev–Trinajstić information content (AvgIpc) is 2.93. The Morgan fingerprint density at radius 2 is 1.85 bits per heavy atom. The van der Waals surface area contributed by atoms with Gasteiger partial charge in [-0.2, -0.15) is 0 Å². The highest BCUT2D eigenvalue weighted by Gasteiger charge is 2.24. The molecule has 0 saturated heterocycles. The summed E-state index contributed by atoms with van der Waals surface area (Å²) in [5.41, 5.74) is 4.73. The molecule has 0 amide bonds. The lowest BCUT2D eigenvalue weighted by Crippen LogP contribution is -2.19. The van der Waals surface area contributed by atoms with E-state index in [9.17, 15) is 0 Å². The maximum atomic E-state index is 8.65. The normalized spacial score (nSPS) is 22.9. The molecule has 0 bridgehead atoms. The van der Waals surface area contributed by atoms with E-state index < -0.39 is 0 Å². The van der Waals surface area contributed by atoms with Gasteiger partial charge in [0.25, 0.3) is 0 Å². The van der Waals surface area contributed by atoms with Crippen molar-refractivity contribution in [1.82, 2.24) is 0 Å². The Hall–Kier alpha value is -1.63. The van der Waals surface area contributed by atoms with Crippen molar-refractivity contribution < 1.29 is 0 Å². The summed E-state index contributed by atoms with van der Waals surface area (Å²) in [6, 6.07) is 8.52. The van der Waals surface area contributed by atoms with Crippen LogP contribution in [0.25, 0.3) is 0 Å². The zero-order chi connectivity index (χ0) is 13.9. The van der Waals surface area contributed by atoms with Crippen LogP contribution in [0.5, 0.6) is 0 Å². The summed E-state index contributed by atoms with van der Waals surface area (Å²) in [6.07, 6.45) is 12.9. The second kappa shape index (κ2) is 5.78. The number of hydrogen-bond donors (Lipinski definition) is 1. The molecule has 1 unspecified atom stereocenters. The van der Waals surface area contributed by atoms with Crippen LogP contribution in [0.15, 0.2) is 48.1 Å². The second-order valence-corrected chi connectivity index (χ2v) is 6.11. The summed E-state index contributed by atoms with van der Waals surface area (Å²) >= 11 is 0. The number of rotatable bonds is 3. The van der Waals surface area contributed by atoms with E-state index in [1.54, 1.807) is 0 Å². The first kappa shape index (κ1) is 13.4. The van der Waals surface area contributed by atoms with E-state index in [2.05, 4.69) is 49.4 Å². The summed E-state index contributed by atoms with van der Waals surface area (Å²) < 4.78 is 0. The molecule has 20 heavy (non-hydrogen) atoms. The van der Waals surface area contributed by atoms with Crippen molar-refractivity contribution in [2.24, 2.45) is 5.92 Å². The van der Waals surface area contributed by atoms with E-state index in [4.69, 9.17) is 5.41 Å². The fourth-order valence-electron chi connectivity index (χ4n) is 3.55. The van der Waals surface area contributed by atoms with Gasteiger partial charge in [0, 0.05) is 17.5 Å². The van der Waals surface area contributed by atoms with E-state index in [1.165, 1.54) is 48.8 Å². The molecule has 1 fully saturated rings. The fraction of sp³-hybridized carbons (Fsp3) is 0.421. The molecular formula is C19H23N. The van der Waals surface area contributed by atoms with Gasteiger partial charge in [0.1, 0.15) is 0 Å². The molecule has 0 spiro atoms. The fourth-order valence-corrected chi connectivity index (χ4v) is 3.55. The van der Waals surface area contributed by atoms with Gasteiger partial charge in [-0.3, -0.25) is 0 Å². The minimum absolute atomic E-state index is 0.371. The molecule has 2 aliphatic carbocycles. The van der Waals surface area contributed by atoms with Crippen LogP contribution >= 0.6 is 0 Å². The van der Waals surface area contributed by atoms with Crippen LogP contribution < -0.4 is 0 Å². The van der Waals surface area contributed by atoms with Crippen LogP contribution in [-0.4, -0.2) is 5.71 Å². The summed E-state index contributed by atoms with van der Waals surface area (Å²) in [5, 5.41) is 8.65. The molecule has 0 aliphatic heterocycles. The second-order valence-electron chi connectivity index (χ2n) is 6.11. The Morgan fingerprint density at radius 3 is 2.55 bits per heavy atom. The van der Waals surface area contributed by atoms with Crippen LogP contribution in [0, 0.1) is 11.3 Å². The van der Waals surface area contributed by atoms with Crippen LogP contribution in [-0.2, 0) is 0 Å². The quantitative estimate of drug-likeness (QED) is 0.723. The van der Waals surface area contributed by atoms with E-state index in [1.807, 2.05) is 0 Å². The third kappa shape index (κ3) is 2.49. The van der Waals surface area contributed by atoms with Crippen LogP contribution in [0.3, 0.4) is 0 Å². The molecule has 1 aromatic carbocycles. The highest BCUT2D eigenvalue weighted by atomic mass is 14.5. The van der Waals surface area contributed by atoms with Gasteiger partial charge >= 0.3 is 0 Å². The largest absolute Gasteiger partial charge is 0.304 e. The maximum Gasteiger partial charge on any atom is 0.0420 e. The first-order valence-electron chi connectivity index (χ1n) is 7.80. The lowest BCUT2D eigenvalue weighted by atomic mass is 9.80. The summed E-state index contributed by atoms with van der Waals surface area (Å²) in [6.45, 7) is 2.19. The lowest BCUT2D eigenvalue weighted by Gasteiger charge is -2.25. The van der Waals surface area contributed by atoms with Crippen molar-refractivity contribution in [3.8, 4) is 0 Å². The van der Waals surface area contributed by atoms with Gasteiger partial charge in [0.2, 0.25) is 0 Å². The van der Waals surface area contributed by atoms with Gasteiger partial charge in [-0.25, -0.2) is 0 Å². The van der Waals surface area contributed by atoms with Crippen molar-refractivity contribution in [3.05, 3.63) is 59.2 Å². The Balaban J connectivity index is 1.91. The van der Waals surface area contributed by atoms with Crippen LogP contribution in [0.4, 0.5) is 0 Å². The van der Waals surface area contributed by atoms with E-state index in [-0.39, 0.29) is 0 Å². The average molecular weight is 265 g/mol. The zero-order valence-electron chi connectivity index (χ0n) is 12.2. The third-order valence-corrected chi connectivity index (χ3v) is 4.75. The number of benzene rings is 1. The predicted molar refractivity (Wildman–Crippen MR) is 85.5 cm³/mol. The molecule has 2 aliphatic rings. The first-order chi connectivity index (χ1) is 9.77. The smallest absolute Gasteiger partial charge is 0.0420 e. The highest BCUT2D eigenvalue weighted by molar-refractivity contribution is 6.01. The Kier molecular flexibility index (Phi) is 3.86. The summed E-state index contributed by atoms with van der Waals surface area (Å²) in [5.74, 6) is 0.842. The molecule has 0 aromatic heterocycles. The van der Waals surface area contributed by atoms with Gasteiger partial charge in [0.05, 0.1) is 0 Å². The predicted octanol–water partition coefficient (Wildman–Crippen LogP) is 5.23. The zero-order valence-corrected chi connectivity index (χ0v) is 12.2. The van der Waals surface area contributed by atoms with Crippen molar-refractivity contribution in [2.45, 2.75) is 44.9 Å². The standard InChI is InChI=1S/C19H23N/c1-14-8-7-13-16(14)17-11-5-6-12-18(17)19(20)15-9-3-2-4-10-15/h5-8,11-13,15-16,20H,2-4,9-10H2,1H3. The van der Waals surface area contributed by atoms with Gasteiger partial charge in [-0.15, -0.1) is 0 Å². The number of nitrogens with one attached hydrogen (secondary N) is 1. The van der Waals surface area contributed by atoms with Gasteiger partial charge < -0.3 is 5.41 Å². The number of hydrogen-bond acceptors (Lipinski definition) is 1. The Bertz CT molecular complexity index is 559. The highest BCUT2D eigenvalue weighted by Crippen LogP contribution is 2.34. The minimum Gasteiger partial charge on any atom is -0.304 e. The monoisotopic (exact) mass is 265 g/mol. The molecular weight excluding hydrogens is 242 g/mol.